The molecular weight excluding hydrogens is 182 g/mol. The van der Waals surface area contributed by atoms with Crippen LogP contribution in [0.4, 0.5) is 0 Å². The van der Waals surface area contributed by atoms with Crippen molar-refractivity contribution < 1.29 is 5.11 Å². The topological polar surface area (TPSA) is 23.5 Å². The van der Waals surface area contributed by atoms with Gasteiger partial charge in [-0.2, -0.15) is 0 Å². The van der Waals surface area contributed by atoms with Gasteiger partial charge in [0.05, 0.1) is 0 Å². The van der Waals surface area contributed by atoms with E-state index in [1.165, 1.54) is 4.88 Å². The van der Waals surface area contributed by atoms with Crippen molar-refractivity contribution in [3.8, 4) is 0 Å². The molecule has 3 heteroatoms. The molecule has 0 aliphatic carbocycles. The van der Waals surface area contributed by atoms with Crippen LogP contribution in [0.2, 0.25) is 0 Å². The van der Waals surface area contributed by atoms with Gasteiger partial charge in [0.1, 0.15) is 0 Å². The molecule has 0 spiro atoms. The normalized spacial score (nSPS) is 23.9. The Balaban J connectivity index is 1.84. The molecule has 13 heavy (non-hydrogen) atoms. The summed E-state index contributed by atoms with van der Waals surface area (Å²) in [7, 11) is 0. The summed E-state index contributed by atoms with van der Waals surface area (Å²) < 4.78 is 0. The van der Waals surface area contributed by atoms with Crippen LogP contribution in [-0.4, -0.2) is 29.7 Å². The molecule has 72 valence electrons. The number of nitrogens with zero attached hydrogens (tertiary/aromatic N) is 1. The Morgan fingerprint density at radius 1 is 1.62 bits per heavy atom. The van der Waals surface area contributed by atoms with Crippen molar-refractivity contribution in [1.29, 1.82) is 0 Å². The van der Waals surface area contributed by atoms with Gasteiger partial charge in [0.2, 0.25) is 0 Å². The molecule has 1 aliphatic heterocycles. The zero-order chi connectivity index (χ0) is 9.10. The van der Waals surface area contributed by atoms with E-state index in [1.807, 2.05) is 11.3 Å². The van der Waals surface area contributed by atoms with Crippen LogP contribution in [0.1, 0.15) is 11.3 Å². The summed E-state index contributed by atoms with van der Waals surface area (Å²) in [6, 6.07) is 4.27. The van der Waals surface area contributed by atoms with Crippen LogP contribution in [0.5, 0.6) is 0 Å². The number of aliphatic hydroxyl groups excluding tert-OH is 1. The summed E-state index contributed by atoms with van der Waals surface area (Å²) in [6.45, 7) is 3.62. The summed E-state index contributed by atoms with van der Waals surface area (Å²) in [5, 5.41) is 11.1. The van der Waals surface area contributed by atoms with E-state index in [4.69, 9.17) is 5.11 Å². The largest absolute Gasteiger partial charge is 0.396 e. The van der Waals surface area contributed by atoms with Crippen molar-refractivity contribution in [2.45, 2.75) is 13.0 Å². The predicted octanol–water partition coefficient (Wildman–Crippen LogP) is 1.56. The molecule has 0 bridgehead atoms. The third-order valence-electron chi connectivity index (χ3n) is 2.59. The van der Waals surface area contributed by atoms with E-state index in [1.54, 1.807) is 0 Å². The van der Waals surface area contributed by atoms with Gasteiger partial charge in [0.25, 0.3) is 0 Å². The van der Waals surface area contributed by atoms with E-state index in [0.717, 1.165) is 26.1 Å². The molecule has 0 aromatic carbocycles. The van der Waals surface area contributed by atoms with Gasteiger partial charge in [-0.15, -0.1) is 11.3 Å². The maximum atomic E-state index is 8.99. The monoisotopic (exact) mass is 197 g/mol. The predicted molar refractivity (Wildman–Crippen MR) is 54.8 cm³/mol. The summed E-state index contributed by atoms with van der Waals surface area (Å²) in [6.07, 6.45) is 1.15. The molecule has 1 N–H and O–H groups in total. The first kappa shape index (κ1) is 9.19. The molecule has 2 nitrogen and oxygen atoms in total. The molecular formula is C10H15NOS. The van der Waals surface area contributed by atoms with Crippen LogP contribution in [-0.2, 0) is 6.54 Å². The quantitative estimate of drug-likeness (QED) is 0.795. The third-order valence-corrected chi connectivity index (χ3v) is 3.45. The average Bonchev–Trinajstić information content (AvgIpc) is 2.76. The summed E-state index contributed by atoms with van der Waals surface area (Å²) in [4.78, 5) is 3.85. The standard InChI is InChI=1S/C10H15NOS/c12-8-9-3-4-11(6-9)7-10-2-1-5-13-10/h1-2,5,9,12H,3-4,6-8H2/t9-/m0/s1. The lowest BCUT2D eigenvalue weighted by Crippen LogP contribution is -2.20. The van der Waals surface area contributed by atoms with Crippen LogP contribution in [0.3, 0.4) is 0 Å². The highest BCUT2D eigenvalue weighted by atomic mass is 32.1. The van der Waals surface area contributed by atoms with Crippen molar-refractivity contribution in [3.05, 3.63) is 22.4 Å². The molecule has 0 saturated carbocycles. The third kappa shape index (κ3) is 2.30. The van der Waals surface area contributed by atoms with Gasteiger partial charge in [-0.3, -0.25) is 4.90 Å². The fourth-order valence-corrected chi connectivity index (χ4v) is 2.57. The molecule has 0 unspecified atom stereocenters. The van der Waals surface area contributed by atoms with Crippen molar-refractivity contribution in [2.75, 3.05) is 19.7 Å². The van der Waals surface area contributed by atoms with Gasteiger partial charge in [-0.05, 0) is 30.3 Å². The smallest absolute Gasteiger partial charge is 0.0471 e. The van der Waals surface area contributed by atoms with E-state index in [0.29, 0.717) is 12.5 Å². The maximum absolute atomic E-state index is 8.99. The number of aliphatic hydroxyl groups is 1. The molecule has 2 rings (SSSR count). The second kappa shape index (κ2) is 4.22. The molecule has 0 amide bonds. The SMILES string of the molecule is OC[C@H]1CCN(Cc2cccs2)C1. The van der Waals surface area contributed by atoms with E-state index in [-0.39, 0.29) is 0 Å². The van der Waals surface area contributed by atoms with Crippen molar-refractivity contribution in [3.63, 3.8) is 0 Å². The Morgan fingerprint density at radius 3 is 3.15 bits per heavy atom. The highest BCUT2D eigenvalue weighted by Crippen LogP contribution is 2.19. The molecule has 2 heterocycles. The van der Waals surface area contributed by atoms with E-state index in [9.17, 15) is 0 Å². The lowest BCUT2D eigenvalue weighted by molar-refractivity contribution is 0.220. The fraction of sp³-hybridized carbons (Fsp3) is 0.600. The van der Waals surface area contributed by atoms with Crippen molar-refractivity contribution in [2.24, 2.45) is 5.92 Å². The zero-order valence-corrected chi connectivity index (χ0v) is 8.46. The molecule has 0 radical (unpaired) electrons. The Labute approximate surface area is 82.8 Å². The van der Waals surface area contributed by atoms with Crippen LogP contribution in [0, 0.1) is 5.92 Å². The second-order valence-corrected chi connectivity index (χ2v) is 4.68. The van der Waals surface area contributed by atoms with Crippen molar-refractivity contribution in [1.82, 2.24) is 4.90 Å². The summed E-state index contributed by atoms with van der Waals surface area (Å²) in [5.74, 6) is 0.514. The lowest BCUT2D eigenvalue weighted by atomic mass is 10.1. The number of hydrogen-bond acceptors (Lipinski definition) is 3. The van der Waals surface area contributed by atoms with Gasteiger partial charge in [-0.1, -0.05) is 6.07 Å². The summed E-state index contributed by atoms with van der Waals surface area (Å²) >= 11 is 1.81. The minimum absolute atomic E-state index is 0.348. The molecule has 1 aromatic rings. The highest BCUT2D eigenvalue weighted by molar-refractivity contribution is 7.09. The fourth-order valence-electron chi connectivity index (χ4n) is 1.83. The first-order valence-corrected chi connectivity index (χ1v) is 5.62. The second-order valence-electron chi connectivity index (χ2n) is 3.65. The molecule has 1 aromatic heterocycles. The minimum atomic E-state index is 0.348. The van der Waals surface area contributed by atoms with E-state index >= 15 is 0 Å². The van der Waals surface area contributed by atoms with Gasteiger partial charge in [-0.25, -0.2) is 0 Å². The Hall–Kier alpha value is -0.380. The number of rotatable bonds is 3. The van der Waals surface area contributed by atoms with E-state index < -0.39 is 0 Å². The summed E-state index contributed by atoms with van der Waals surface area (Å²) in [5.41, 5.74) is 0. The Morgan fingerprint density at radius 2 is 2.54 bits per heavy atom. The number of hydrogen-bond donors (Lipinski definition) is 1. The van der Waals surface area contributed by atoms with Crippen LogP contribution in [0.15, 0.2) is 17.5 Å². The van der Waals surface area contributed by atoms with E-state index in [2.05, 4.69) is 22.4 Å². The molecule has 1 atom stereocenters. The van der Waals surface area contributed by atoms with Crippen LogP contribution < -0.4 is 0 Å². The molecule has 1 saturated heterocycles. The lowest BCUT2D eigenvalue weighted by Gasteiger charge is -2.13. The average molecular weight is 197 g/mol. The first-order chi connectivity index (χ1) is 6.38. The van der Waals surface area contributed by atoms with Crippen LogP contribution in [0.25, 0.3) is 0 Å². The van der Waals surface area contributed by atoms with Crippen LogP contribution >= 0.6 is 11.3 Å². The van der Waals surface area contributed by atoms with Gasteiger partial charge in [0, 0.05) is 24.6 Å². The van der Waals surface area contributed by atoms with Gasteiger partial charge in [0.15, 0.2) is 0 Å². The Bertz CT molecular complexity index is 247. The number of likely N-dealkylation sites (tertiary alicyclic amines) is 1. The maximum Gasteiger partial charge on any atom is 0.0471 e. The molecule has 1 aliphatic rings. The molecule has 1 fully saturated rings. The first-order valence-electron chi connectivity index (χ1n) is 4.74. The highest BCUT2D eigenvalue weighted by Gasteiger charge is 2.21. The Kier molecular flexibility index (Phi) is 2.98. The zero-order valence-electron chi connectivity index (χ0n) is 7.65. The van der Waals surface area contributed by atoms with Gasteiger partial charge < -0.3 is 5.11 Å². The number of thiophene rings is 1. The van der Waals surface area contributed by atoms with Crippen molar-refractivity contribution >= 4 is 11.3 Å². The minimum Gasteiger partial charge on any atom is -0.396 e. The van der Waals surface area contributed by atoms with Gasteiger partial charge >= 0.3 is 0 Å².